The molecule has 1 aliphatic rings. The van der Waals surface area contributed by atoms with Gasteiger partial charge in [0.2, 0.25) is 0 Å². The molecule has 0 aromatic carbocycles. The Morgan fingerprint density at radius 2 is 1.70 bits per heavy atom. The van der Waals surface area contributed by atoms with E-state index in [1.54, 1.807) is 4.43 Å². The van der Waals surface area contributed by atoms with Crippen LogP contribution in [0.3, 0.4) is 0 Å². The summed E-state index contributed by atoms with van der Waals surface area (Å²) >= 11 is 0.577. The van der Waals surface area contributed by atoms with Crippen LogP contribution in [-0.2, 0) is 0 Å². The Bertz CT molecular complexity index is 75.3. The van der Waals surface area contributed by atoms with Crippen LogP contribution in [0.4, 0.5) is 0 Å². The second kappa shape index (κ2) is 5.35. The first-order valence-corrected chi connectivity index (χ1v) is 7.24. The van der Waals surface area contributed by atoms with Gasteiger partial charge in [0.15, 0.2) is 0 Å². The van der Waals surface area contributed by atoms with Gasteiger partial charge < -0.3 is 0 Å². The molecule has 2 N–H and O–H groups in total. The van der Waals surface area contributed by atoms with E-state index in [0.29, 0.717) is 27.2 Å². The fraction of sp³-hybridized carbons (Fsp3) is 1.00. The van der Waals surface area contributed by atoms with E-state index in [1.807, 2.05) is 0 Å². The van der Waals surface area contributed by atoms with Crippen LogP contribution in [0.15, 0.2) is 0 Å². The number of nitrogens with two attached hydrogens (primary N) is 1. The molecule has 0 amide bonds. The zero-order chi connectivity index (χ0) is 7.23. The van der Waals surface area contributed by atoms with Crippen LogP contribution < -0.4 is 26.9 Å². The molecule has 0 unspecified atom stereocenters. The fourth-order valence-electron chi connectivity index (χ4n) is 1.27. The van der Waals surface area contributed by atoms with Gasteiger partial charge in [-0.15, -0.1) is 0 Å². The summed E-state index contributed by atoms with van der Waals surface area (Å²) in [6.07, 6.45) is 6.83. The van der Waals surface area contributed by atoms with Gasteiger partial charge in [0.05, 0.1) is 0 Å². The molecule has 0 aromatic heterocycles. The Kier molecular flexibility index (Phi) is 4.70. The van der Waals surface area contributed by atoms with Gasteiger partial charge >= 0.3 is 73.9 Å². The Morgan fingerprint density at radius 1 is 1.00 bits per heavy atom. The molecule has 2 heteroatoms. The third kappa shape index (κ3) is 3.76. The van der Waals surface area contributed by atoms with E-state index in [4.69, 9.17) is 5.73 Å². The SMILES string of the molecule is N[C@@H]1CCCC[I-]CCC1. The zero-order valence-electron chi connectivity index (χ0n) is 6.48. The minimum absolute atomic E-state index is 0.530. The molecule has 62 valence electrons. The average Bonchev–Trinajstić information content (AvgIpc) is 2.02. The molecule has 1 aliphatic heterocycles. The topological polar surface area (TPSA) is 26.0 Å². The summed E-state index contributed by atoms with van der Waals surface area (Å²) < 4.78 is 3.07. The molecule has 1 nitrogen and oxygen atoms in total. The van der Waals surface area contributed by atoms with Crippen LogP contribution in [-0.4, -0.2) is 14.9 Å². The van der Waals surface area contributed by atoms with Crippen LogP contribution in [0, 0.1) is 0 Å². The van der Waals surface area contributed by atoms with Crippen molar-refractivity contribution in [3.05, 3.63) is 0 Å². The molecular weight excluding hydrogens is 237 g/mol. The van der Waals surface area contributed by atoms with Crippen LogP contribution in [0.25, 0.3) is 0 Å². The van der Waals surface area contributed by atoms with E-state index in [1.165, 1.54) is 36.5 Å². The summed E-state index contributed by atoms with van der Waals surface area (Å²) in [4.78, 5) is 0. The van der Waals surface area contributed by atoms with Crippen LogP contribution in [0.5, 0.6) is 0 Å². The van der Waals surface area contributed by atoms with E-state index in [-0.39, 0.29) is 0 Å². The van der Waals surface area contributed by atoms with Crippen molar-refractivity contribution in [3.63, 3.8) is 0 Å². The van der Waals surface area contributed by atoms with Crippen molar-refractivity contribution in [2.24, 2.45) is 5.73 Å². The van der Waals surface area contributed by atoms with Gasteiger partial charge in [-0.05, 0) is 0 Å². The maximum absolute atomic E-state index is 5.89. The van der Waals surface area contributed by atoms with Gasteiger partial charge in [0.1, 0.15) is 0 Å². The van der Waals surface area contributed by atoms with Gasteiger partial charge in [-0.25, -0.2) is 0 Å². The van der Waals surface area contributed by atoms with Gasteiger partial charge in [0, 0.05) is 0 Å². The van der Waals surface area contributed by atoms with Gasteiger partial charge in [-0.1, -0.05) is 0 Å². The van der Waals surface area contributed by atoms with Crippen molar-refractivity contribution < 1.29 is 21.2 Å². The first-order chi connectivity index (χ1) is 4.89. The third-order valence-electron chi connectivity index (χ3n) is 1.93. The maximum atomic E-state index is 5.89. The van der Waals surface area contributed by atoms with E-state index in [9.17, 15) is 0 Å². The van der Waals surface area contributed by atoms with E-state index < -0.39 is 0 Å². The Morgan fingerprint density at radius 3 is 2.60 bits per heavy atom. The number of hydrogen-bond donors (Lipinski definition) is 1. The van der Waals surface area contributed by atoms with Crippen LogP contribution in [0.1, 0.15) is 32.1 Å². The summed E-state index contributed by atoms with van der Waals surface area (Å²) in [5, 5.41) is 0. The Balaban J connectivity index is 2.15. The molecule has 1 atom stereocenters. The van der Waals surface area contributed by atoms with E-state index >= 15 is 0 Å². The Hall–Kier alpha value is 0.690. The molecule has 1 rings (SSSR count). The van der Waals surface area contributed by atoms with Crippen molar-refractivity contribution in [3.8, 4) is 0 Å². The molecule has 0 spiro atoms. The molecule has 0 bridgehead atoms. The van der Waals surface area contributed by atoms with Crippen molar-refractivity contribution in [2.75, 3.05) is 8.86 Å². The van der Waals surface area contributed by atoms with Crippen LogP contribution in [0.2, 0.25) is 0 Å². The third-order valence-corrected chi connectivity index (χ3v) is 4.99. The Labute approximate surface area is 74.0 Å². The van der Waals surface area contributed by atoms with Gasteiger partial charge in [-0.3, -0.25) is 0 Å². The zero-order valence-corrected chi connectivity index (χ0v) is 8.64. The molecule has 0 aliphatic carbocycles. The summed E-state index contributed by atoms with van der Waals surface area (Å²) in [6.45, 7) is 0. The second-order valence-electron chi connectivity index (χ2n) is 2.97. The van der Waals surface area contributed by atoms with E-state index in [2.05, 4.69) is 0 Å². The summed E-state index contributed by atoms with van der Waals surface area (Å²) in [5.74, 6) is 0. The van der Waals surface area contributed by atoms with Crippen molar-refractivity contribution in [1.29, 1.82) is 0 Å². The quantitative estimate of drug-likeness (QED) is 0.407. The monoisotopic (exact) mass is 254 g/mol. The first-order valence-electron chi connectivity index (χ1n) is 4.18. The molecule has 1 heterocycles. The summed E-state index contributed by atoms with van der Waals surface area (Å²) in [5.41, 5.74) is 5.89. The fourth-order valence-corrected chi connectivity index (χ4v) is 3.87. The number of rotatable bonds is 0. The van der Waals surface area contributed by atoms with E-state index in [0.717, 1.165) is 0 Å². The predicted octanol–water partition coefficient (Wildman–Crippen LogP) is -1.63. The normalized spacial score (nSPS) is 31.1. The molecule has 10 heavy (non-hydrogen) atoms. The molecular formula is C8H17IN-. The van der Waals surface area contributed by atoms with Gasteiger partial charge in [0.25, 0.3) is 0 Å². The summed E-state index contributed by atoms with van der Waals surface area (Å²) in [7, 11) is 0. The number of alkyl halides is 2. The van der Waals surface area contributed by atoms with Crippen LogP contribution >= 0.6 is 0 Å². The molecule has 0 saturated carbocycles. The molecule has 1 fully saturated rings. The number of hydrogen-bond acceptors (Lipinski definition) is 1. The minimum atomic E-state index is 0.530. The summed E-state index contributed by atoms with van der Waals surface area (Å²) in [6, 6.07) is 0.530. The molecule has 0 radical (unpaired) electrons. The van der Waals surface area contributed by atoms with Crippen molar-refractivity contribution in [2.45, 2.75) is 38.1 Å². The standard InChI is InChI=1S/C8H17IN/c10-8-4-1-2-6-9-7-3-5-8/h8H,1-7,10H2/q-1/t8-/m1/s1. The second-order valence-corrected chi connectivity index (χ2v) is 6.20. The molecule has 1 saturated heterocycles. The average molecular weight is 254 g/mol. The number of halogens is 1. The molecule has 0 aromatic rings. The predicted molar refractivity (Wildman–Crippen MR) is 40.8 cm³/mol. The van der Waals surface area contributed by atoms with Gasteiger partial charge in [-0.2, -0.15) is 0 Å². The van der Waals surface area contributed by atoms with Crippen molar-refractivity contribution in [1.82, 2.24) is 0 Å². The van der Waals surface area contributed by atoms with Crippen molar-refractivity contribution >= 4 is 0 Å². The first kappa shape index (κ1) is 8.78.